The normalized spacial score (nSPS) is 27.1. The smallest absolute Gasteiger partial charge is 0.151 e. The molecule has 2 heterocycles. The molecule has 1 unspecified atom stereocenters. The van der Waals surface area contributed by atoms with Gasteiger partial charge in [0.05, 0.1) is 11.5 Å². The molecule has 0 aromatic carbocycles. The van der Waals surface area contributed by atoms with Gasteiger partial charge in [-0.3, -0.25) is 9.88 Å². The van der Waals surface area contributed by atoms with Crippen LogP contribution in [0.5, 0.6) is 0 Å². The third kappa shape index (κ3) is 3.20. The van der Waals surface area contributed by atoms with Crippen molar-refractivity contribution in [3.8, 4) is 0 Å². The molecule has 20 heavy (non-hydrogen) atoms. The lowest BCUT2D eigenvalue weighted by Gasteiger charge is -2.30. The van der Waals surface area contributed by atoms with Crippen molar-refractivity contribution in [1.29, 1.82) is 0 Å². The van der Waals surface area contributed by atoms with Crippen molar-refractivity contribution in [2.24, 2.45) is 5.92 Å². The van der Waals surface area contributed by atoms with Crippen LogP contribution >= 0.6 is 0 Å². The quantitative estimate of drug-likeness (QED) is 0.853. The minimum Gasteiger partial charge on any atom is -0.295 e. The fourth-order valence-electron chi connectivity index (χ4n) is 3.11. The first-order valence-electron chi connectivity index (χ1n) is 7.39. The molecule has 110 valence electrons. The number of nitrogens with zero attached hydrogens (tertiary/aromatic N) is 2. The number of pyridine rings is 1. The maximum Gasteiger partial charge on any atom is 0.151 e. The summed E-state index contributed by atoms with van der Waals surface area (Å²) in [4.78, 5) is 6.53. The van der Waals surface area contributed by atoms with Gasteiger partial charge in [-0.15, -0.1) is 0 Å². The first kappa shape index (κ1) is 14.0. The largest absolute Gasteiger partial charge is 0.295 e. The third-order valence-electron chi connectivity index (χ3n) is 4.47. The van der Waals surface area contributed by atoms with Crippen LogP contribution in [0.15, 0.2) is 18.5 Å². The van der Waals surface area contributed by atoms with Gasteiger partial charge in [-0.25, -0.2) is 8.42 Å². The summed E-state index contributed by atoms with van der Waals surface area (Å²) in [5.74, 6) is 1.29. The van der Waals surface area contributed by atoms with Gasteiger partial charge in [0.25, 0.3) is 0 Å². The lowest BCUT2D eigenvalue weighted by Crippen LogP contribution is -2.39. The maximum absolute atomic E-state index is 12.0. The number of hydrogen-bond acceptors (Lipinski definition) is 4. The summed E-state index contributed by atoms with van der Waals surface area (Å²) in [6.07, 6.45) is 6.84. The summed E-state index contributed by atoms with van der Waals surface area (Å²) in [6.45, 7) is 3.82. The van der Waals surface area contributed by atoms with Crippen molar-refractivity contribution in [2.75, 3.05) is 18.1 Å². The molecule has 1 aromatic heterocycles. The third-order valence-corrected chi connectivity index (χ3v) is 6.23. The van der Waals surface area contributed by atoms with E-state index < -0.39 is 9.84 Å². The van der Waals surface area contributed by atoms with Gasteiger partial charge >= 0.3 is 0 Å². The van der Waals surface area contributed by atoms with E-state index in [1.807, 2.05) is 12.4 Å². The second-order valence-electron chi connectivity index (χ2n) is 6.15. The summed E-state index contributed by atoms with van der Waals surface area (Å²) >= 11 is 0. The van der Waals surface area contributed by atoms with Crippen LogP contribution < -0.4 is 0 Å². The molecule has 0 N–H and O–H groups in total. The van der Waals surface area contributed by atoms with E-state index in [9.17, 15) is 8.42 Å². The summed E-state index contributed by atoms with van der Waals surface area (Å²) in [7, 11) is -2.86. The van der Waals surface area contributed by atoms with Crippen LogP contribution in [0.2, 0.25) is 0 Å². The van der Waals surface area contributed by atoms with Gasteiger partial charge in [-0.05, 0) is 55.8 Å². The number of rotatable bonds is 3. The van der Waals surface area contributed by atoms with Crippen LogP contribution in [0, 0.1) is 12.8 Å². The van der Waals surface area contributed by atoms with Crippen molar-refractivity contribution in [3.05, 3.63) is 29.6 Å². The van der Waals surface area contributed by atoms with Crippen LogP contribution in [0.1, 0.15) is 30.4 Å². The zero-order chi connectivity index (χ0) is 14.2. The number of hydrogen-bond donors (Lipinski definition) is 0. The molecule has 1 aliphatic carbocycles. The molecule has 2 fully saturated rings. The zero-order valence-corrected chi connectivity index (χ0v) is 12.8. The molecule has 0 spiro atoms. The lowest BCUT2D eigenvalue weighted by atomic mass is 10.1. The Bertz CT molecular complexity index is 581. The monoisotopic (exact) mass is 294 g/mol. The van der Waals surface area contributed by atoms with Crippen molar-refractivity contribution in [1.82, 2.24) is 9.88 Å². The first-order valence-corrected chi connectivity index (χ1v) is 9.21. The summed E-state index contributed by atoms with van der Waals surface area (Å²) in [5, 5.41) is 0. The summed E-state index contributed by atoms with van der Waals surface area (Å²) < 4.78 is 24.1. The molecule has 0 radical (unpaired) electrons. The fourth-order valence-corrected chi connectivity index (χ4v) is 4.85. The zero-order valence-electron chi connectivity index (χ0n) is 12.0. The van der Waals surface area contributed by atoms with Crippen molar-refractivity contribution < 1.29 is 8.42 Å². The van der Waals surface area contributed by atoms with Crippen molar-refractivity contribution >= 4 is 9.84 Å². The molecule has 1 aromatic rings. The Morgan fingerprint density at radius 3 is 2.90 bits per heavy atom. The van der Waals surface area contributed by atoms with E-state index in [1.54, 1.807) is 0 Å². The topological polar surface area (TPSA) is 50.3 Å². The Kier molecular flexibility index (Phi) is 3.82. The fraction of sp³-hybridized carbons (Fsp3) is 0.667. The highest BCUT2D eigenvalue weighted by atomic mass is 32.2. The average Bonchev–Trinajstić information content (AvgIpc) is 3.21. The second kappa shape index (κ2) is 5.45. The summed E-state index contributed by atoms with van der Waals surface area (Å²) in [6, 6.07) is 2.27. The molecular formula is C15H22N2O2S. The number of sulfone groups is 1. The molecule has 1 saturated heterocycles. The van der Waals surface area contributed by atoms with Crippen LogP contribution in [-0.2, 0) is 16.4 Å². The Morgan fingerprint density at radius 2 is 2.20 bits per heavy atom. The second-order valence-corrected chi connectivity index (χ2v) is 8.37. The van der Waals surface area contributed by atoms with Gasteiger partial charge in [0.15, 0.2) is 9.84 Å². The van der Waals surface area contributed by atoms with E-state index in [1.165, 1.54) is 24.0 Å². The van der Waals surface area contributed by atoms with Crippen LogP contribution in [0.4, 0.5) is 0 Å². The highest BCUT2D eigenvalue weighted by Crippen LogP contribution is 2.37. The lowest BCUT2D eigenvalue weighted by molar-refractivity contribution is 0.187. The van der Waals surface area contributed by atoms with Crippen LogP contribution in [0.25, 0.3) is 0 Å². The van der Waals surface area contributed by atoms with Gasteiger partial charge in [0, 0.05) is 25.0 Å². The molecular weight excluding hydrogens is 272 g/mol. The predicted molar refractivity (Wildman–Crippen MR) is 79.2 cm³/mol. The standard InChI is InChI=1S/C15H22N2O2S/c1-12-9-16-6-5-14(12)10-17-7-2-8-20(18,19)11-15(17)13-3-4-13/h5-6,9,13,15H,2-4,7-8,10-11H2,1H3. The molecule has 3 rings (SSSR count). The van der Waals surface area contributed by atoms with Crippen molar-refractivity contribution in [2.45, 2.75) is 38.8 Å². The van der Waals surface area contributed by atoms with Crippen molar-refractivity contribution in [3.63, 3.8) is 0 Å². The van der Waals surface area contributed by atoms with E-state index in [-0.39, 0.29) is 6.04 Å². The van der Waals surface area contributed by atoms with Gasteiger partial charge in [0.1, 0.15) is 0 Å². The van der Waals surface area contributed by atoms with E-state index in [0.29, 0.717) is 17.4 Å². The molecule has 0 amide bonds. The Hall–Kier alpha value is -0.940. The highest BCUT2D eigenvalue weighted by Gasteiger charge is 2.39. The maximum atomic E-state index is 12.0. The first-order chi connectivity index (χ1) is 9.55. The molecule has 4 nitrogen and oxygen atoms in total. The van der Waals surface area contributed by atoms with E-state index in [4.69, 9.17) is 0 Å². The SMILES string of the molecule is Cc1cnccc1CN1CCCS(=O)(=O)CC1C1CC1. The Morgan fingerprint density at radius 1 is 1.40 bits per heavy atom. The van der Waals surface area contributed by atoms with Crippen LogP contribution in [-0.4, -0.2) is 42.4 Å². The van der Waals surface area contributed by atoms with Crippen LogP contribution in [0.3, 0.4) is 0 Å². The Balaban J connectivity index is 1.81. The highest BCUT2D eigenvalue weighted by molar-refractivity contribution is 7.91. The molecule has 1 saturated carbocycles. The Labute approximate surface area is 121 Å². The molecule has 2 aliphatic rings. The van der Waals surface area contributed by atoms with Gasteiger partial charge in [-0.1, -0.05) is 0 Å². The predicted octanol–water partition coefficient (Wildman–Crippen LogP) is 1.79. The molecule has 1 aliphatic heterocycles. The van der Waals surface area contributed by atoms with Gasteiger partial charge in [0.2, 0.25) is 0 Å². The van der Waals surface area contributed by atoms with E-state index in [2.05, 4.69) is 22.9 Å². The average molecular weight is 294 g/mol. The number of aromatic nitrogens is 1. The minimum atomic E-state index is -2.86. The molecule has 5 heteroatoms. The van der Waals surface area contributed by atoms with Gasteiger partial charge < -0.3 is 0 Å². The van der Waals surface area contributed by atoms with E-state index >= 15 is 0 Å². The van der Waals surface area contributed by atoms with E-state index in [0.717, 1.165) is 19.5 Å². The molecule has 1 atom stereocenters. The minimum absolute atomic E-state index is 0.218. The number of aryl methyl sites for hydroxylation is 1. The molecule has 0 bridgehead atoms. The van der Waals surface area contributed by atoms with Gasteiger partial charge in [-0.2, -0.15) is 0 Å². The summed E-state index contributed by atoms with van der Waals surface area (Å²) in [5.41, 5.74) is 2.46.